The number of hydrogen-bond donors (Lipinski definition) is 1. The molecule has 0 unspecified atom stereocenters. The Labute approximate surface area is 215 Å². The fourth-order valence-electron chi connectivity index (χ4n) is 3.33. The first-order valence-electron chi connectivity index (χ1n) is 11.0. The van der Waals surface area contributed by atoms with E-state index in [1.54, 1.807) is 24.3 Å². The topological polar surface area (TPSA) is 124 Å². The lowest BCUT2D eigenvalue weighted by Gasteiger charge is -2.23. The van der Waals surface area contributed by atoms with Crippen LogP contribution in [-0.4, -0.2) is 47.2 Å². The molecule has 0 saturated heterocycles. The molecular weight excluding hydrogens is 498 g/mol. The summed E-state index contributed by atoms with van der Waals surface area (Å²) < 4.78 is 40.9. The van der Waals surface area contributed by atoms with Crippen molar-refractivity contribution in [3.05, 3.63) is 89.0 Å². The van der Waals surface area contributed by atoms with E-state index in [0.717, 1.165) is 17.4 Å². The molecule has 0 spiro atoms. The molecule has 0 atom stereocenters. The van der Waals surface area contributed by atoms with E-state index in [4.69, 9.17) is 9.47 Å². The number of hydrazone groups is 1. The van der Waals surface area contributed by atoms with Crippen LogP contribution in [0.3, 0.4) is 0 Å². The molecule has 3 aromatic rings. The molecule has 11 heteroatoms. The van der Waals surface area contributed by atoms with Crippen LogP contribution in [0, 0.1) is 6.92 Å². The number of benzene rings is 3. The van der Waals surface area contributed by atoms with Crippen LogP contribution in [-0.2, 0) is 21.3 Å². The molecule has 0 saturated carbocycles. The van der Waals surface area contributed by atoms with Crippen LogP contribution in [0.1, 0.15) is 27.0 Å². The number of rotatable bonds is 9. The van der Waals surface area contributed by atoms with Gasteiger partial charge < -0.3 is 14.2 Å². The van der Waals surface area contributed by atoms with Crippen LogP contribution < -0.4 is 19.2 Å². The first-order valence-corrected chi connectivity index (χ1v) is 12.9. The highest BCUT2D eigenvalue weighted by Crippen LogP contribution is 2.28. The van der Waals surface area contributed by atoms with Crippen molar-refractivity contribution in [2.24, 2.45) is 5.10 Å². The van der Waals surface area contributed by atoms with E-state index in [0.29, 0.717) is 16.8 Å². The number of anilines is 1. The van der Waals surface area contributed by atoms with Crippen LogP contribution in [0.4, 0.5) is 10.5 Å². The average Bonchev–Trinajstić information content (AvgIpc) is 2.88. The van der Waals surface area contributed by atoms with Crippen LogP contribution in [0.5, 0.6) is 11.5 Å². The number of nitrogens with zero attached hydrogens (tertiary/aromatic N) is 2. The Kier molecular flexibility index (Phi) is 8.86. The number of nitrogens with one attached hydrogen (secondary N) is 1. The number of methoxy groups -OCH3 is 2. The predicted molar refractivity (Wildman–Crippen MR) is 140 cm³/mol. The number of sulfonamides is 1. The second-order valence-corrected chi connectivity index (χ2v) is 9.82. The molecule has 0 radical (unpaired) electrons. The second-order valence-electron chi connectivity index (χ2n) is 7.91. The molecule has 0 fully saturated rings. The SMILES string of the molecule is COC(=O)Oc1ccc(/C=N\NC(=O)c2ccc(N(Cc3ccccc3C)S(C)(=O)=O)cc2)cc1OC. The van der Waals surface area contributed by atoms with Gasteiger partial charge in [-0.3, -0.25) is 9.10 Å². The van der Waals surface area contributed by atoms with Crippen molar-refractivity contribution in [3.63, 3.8) is 0 Å². The van der Waals surface area contributed by atoms with Crippen molar-refractivity contribution in [1.29, 1.82) is 0 Å². The smallest absolute Gasteiger partial charge is 0.493 e. The van der Waals surface area contributed by atoms with Gasteiger partial charge in [-0.25, -0.2) is 18.6 Å². The van der Waals surface area contributed by atoms with E-state index in [1.807, 2.05) is 31.2 Å². The van der Waals surface area contributed by atoms with Crippen LogP contribution >= 0.6 is 0 Å². The maximum Gasteiger partial charge on any atom is 0.513 e. The fraction of sp³-hybridized carbons (Fsp3) is 0.192. The summed E-state index contributed by atoms with van der Waals surface area (Å²) in [6.07, 6.45) is 1.65. The zero-order chi connectivity index (χ0) is 27.0. The Morgan fingerprint density at radius 1 is 1.00 bits per heavy atom. The monoisotopic (exact) mass is 525 g/mol. The van der Waals surface area contributed by atoms with E-state index in [-0.39, 0.29) is 18.0 Å². The Balaban J connectivity index is 1.69. The highest BCUT2D eigenvalue weighted by Gasteiger charge is 2.19. The zero-order valence-electron chi connectivity index (χ0n) is 20.8. The normalized spacial score (nSPS) is 11.1. The molecule has 10 nitrogen and oxygen atoms in total. The third-order valence-corrected chi connectivity index (χ3v) is 6.46. The summed E-state index contributed by atoms with van der Waals surface area (Å²) in [6, 6.07) is 18.4. The largest absolute Gasteiger partial charge is 0.513 e. The number of ether oxygens (including phenoxy) is 3. The van der Waals surface area contributed by atoms with Crippen molar-refractivity contribution in [3.8, 4) is 11.5 Å². The minimum absolute atomic E-state index is 0.168. The number of carbonyl (C=O) groups excluding carboxylic acids is 2. The van der Waals surface area contributed by atoms with E-state index >= 15 is 0 Å². The molecule has 0 bridgehead atoms. The Morgan fingerprint density at radius 3 is 2.32 bits per heavy atom. The molecular formula is C26H27N3O7S. The lowest BCUT2D eigenvalue weighted by molar-refractivity contribution is 0.0955. The Bertz CT molecular complexity index is 1400. The van der Waals surface area contributed by atoms with Gasteiger partial charge in [0.15, 0.2) is 11.5 Å². The van der Waals surface area contributed by atoms with E-state index in [9.17, 15) is 18.0 Å². The van der Waals surface area contributed by atoms with Crippen molar-refractivity contribution >= 4 is 34.0 Å². The second kappa shape index (κ2) is 12.0. The first-order chi connectivity index (χ1) is 17.6. The van der Waals surface area contributed by atoms with Crippen LogP contribution in [0.2, 0.25) is 0 Å². The summed E-state index contributed by atoms with van der Waals surface area (Å²) in [5.74, 6) is -0.0381. The van der Waals surface area contributed by atoms with Gasteiger partial charge in [0, 0.05) is 5.56 Å². The molecule has 3 aromatic carbocycles. The highest BCUT2D eigenvalue weighted by atomic mass is 32.2. The highest BCUT2D eigenvalue weighted by molar-refractivity contribution is 7.92. The van der Waals surface area contributed by atoms with Crippen molar-refractivity contribution in [2.45, 2.75) is 13.5 Å². The predicted octanol–water partition coefficient (Wildman–Crippen LogP) is 3.88. The van der Waals surface area contributed by atoms with Gasteiger partial charge in [0.2, 0.25) is 10.0 Å². The standard InChI is InChI=1S/C26H27N3O7S/c1-18-7-5-6-8-21(18)17-29(37(4,32)33)22-12-10-20(11-13-22)25(30)28-27-16-19-9-14-23(24(15-19)34-2)36-26(31)35-3/h5-16H,17H2,1-4H3,(H,28,30)/b27-16-. The number of amides is 1. The van der Waals surface area contributed by atoms with E-state index < -0.39 is 22.1 Å². The molecule has 0 aliphatic rings. The summed E-state index contributed by atoms with van der Waals surface area (Å²) >= 11 is 0. The molecule has 0 heterocycles. The number of hydrogen-bond acceptors (Lipinski definition) is 8. The van der Waals surface area contributed by atoms with Crippen molar-refractivity contribution in [2.75, 3.05) is 24.8 Å². The average molecular weight is 526 g/mol. The first kappa shape index (κ1) is 27.2. The molecule has 0 aromatic heterocycles. The molecule has 3 rings (SSSR count). The van der Waals surface area contributed by atoms with Crippen molar-refractivity contribution < 1.29 is 32.2 Å². The van der Waals surface area contributed by atoms with Gasteiger partial charge in [0.25, 0.3) is 5.91 Å². The van der Waals surface area contributed by atoms with Gasteiger partial charge >= 0.3 is 6.16 Å². The molecule has 0 aliphatic heterocycles. The third-order valence-electron chi connectivity index (χ3n) is 5.32. The van der Waals surface area contributed by atoms with Crippen molar-refractivity contribution in [1.82, 2.24) is 5.43 Å². The molecule has 0 aliphatic carbocycles. The summed E-state index contributed by atoms with van der Waals surface area (Å²) in [6.45, 7) is 2.10. The summed E-state index contributed by atoms with van der Waals surface area (Å²) in [5, 5.41) is 3.94. The van der Waals surface area contributed by atoms with Gasteiger partial charge in [-0.2, -0.15) is 5.10 Å². The van der Waals surface area contributed by atoms with Gasteiger partial charge in [-0.15, -0.1) is 0 Å². The zero-order valence-corrected chi connectivity index (χ0v) is 21.6. The Hall–Kier alpha value is -4.38. The van der Waals surface area contributed by atoms with E-state index in [1.165, 1.54) is 42.9 Å². The third kappa shape index (κ3) is 7.31. The van der Waals surface area contributed by atoms with Gasteiger partial charge in [-0.1, -0.05) is 24.3 Å². The van der Waals surface area contributed by atoms with Crippen LogP contribution in [0.25, 0.3) is 0 Å². The lowest BCUT2D eigenvalue weighted by atomic mass is 10.1. The molecule has 37 heavy (non-hydrogen) atoms. The molecule has 194 valence electrons. The quantitative estimate of drug-likeness (QED) is 0.195. The summed E-state index contributed by atoms with van der Waals surface area (Å²) in [5.41, 5.74) is 5.59. The fourth-order valence-corrected chi connectivity index (χ4v) is 4.21. The summed E-state index contributed by atoms with van der Waals surface area (Å²) in [4.78, 5) is 23.8. The Morgan fingerprint density at radius 2 is 1.70 bits per heavy atom. The summed E-state index contributed by atoms with van der Waals surface area (Å²) in [7, 11) is -0.955. The van der Waals surface area contributed by atoms with Gasteiger partial charge in [0.1, 0.15) is 0 Å². The van der Waals surface area contributed by atoms with Gasteiger partial charge in [-0.05, 0) is 66.1 Å². The lowest BCUT2D eigenvalue weighted by Crippen LogP contribution is -2.29. The maximum absolute atomic E-state index is 12.5. The minimum Gasteiger partial charge on any atom is -0.493 e. The van der Waals surface area contributed by atoms with Gasteiger partial charge in [0.05, 0.1) is 38.9 Å². The molecule has 1 N–H and O–H groups in total. The molecule has 1 amide bonds. The minimum atomic E-state index is -3.56. The number of carbonyl (C=O) groups is 2. The number of aryl methyl sites for hydroxylation is 1. The maximum atomic E-state index is 12.5. The van der Waals surface area contributed by atoms with Crippen LogP contribution in [0.15, 0.2) is 71.8 Å². The van der Waals surface area contributed by atoms with E-state index in [2.05, 4.69) is 15.3 Å².